The van der Waals surface area contributed by atoms with Gasteiger partial charge in [0.1, 0.15) is 5.69 Å². The molecule has 0 saturated heterocycles. The van der Waals surface area contributed by atoms with Crippen LogP contribution in [-0.2, 0) is 22.7 Å². The van der Waals surface area contributed by atoms with E-state index >= 15 is 0 Å². The first-order valence-electron chi connectivity index (χ1n) is 11.8. The standard InChI is InChI=1S/C25H35F3N4O3Si/c1-23(2,3)36(6,7)35-12-11-32-15-16-13-20(17(24(4,5)34)14-19(16)31-32)30-22(33)18-9-8-10-21(29-18)25(26,27)28/h8-10,13-15,22,30,33-34H,11-12H2,1-7H3. The lowest BCUT2D eigenvalue weighted by atomic mass is 9.95. The van der Waals surface area contributed by atoms with E-state index in [9.17, 15) is 23.4 Å². The number of aliphatic hydroxyl groups excluding tert-OH is 1. The zero-order valence-corrected chi connectivity index (χ0v) is 22.7. The number of aliphatic hydroxyl groups is 2. The van der Waals surface area contributed by atoms with Crippen LogP contribution < -0.4 is 5.32 Å². The summed E-state index contributed by atoms with van der Waals surface area (Å²) in [5.41, 5.74) is -1.17. The average molecular weight is 525 g/mol. The smallest absolute Gasteiger partial charge is 0.415 e. The van der Waals surface area contributed by atoms with E-state index in [-0.39, 0.29) is 10.7 Å². The molecule has 0 fully saturated rings. The number of halogens is 3. The van der Waals surface area contributed by atoms with Crippen LogP contribution >= 0.6 is 0 Å². The van der Waals surface area contributed by atoms with Gasteiger partial charge >= 0.3 is 6.18 Å². The largest absolute Gasteiger partial charge is 0.433 e. The Morgan fingerprint density at radius 1 is 1.11 bits per heavy atom. The summed E-state index contributed by atoms with van der Waals surface area (Å²) in [4.78, 5) is 3.54. The van der Waals surface area contributed by atoms with Crippen molar-refractivity contribution in [3.63, 3.8) is 0 Å². The molecule has 3 aromatic rings. The third-order valence-electron chi connectivity index (χ3n) is 6.57. The molecule has 2 aromatic heterocycles. The second-order valence-electron chi connectivity index (χ2n) is 11.0. The van der Waals surface area contributed by atoms with Crippen molar-refractivity contribution in [3.05, 3.63) is 53.5 Å². The number of alkyl halides is 3. The van der Waals surface area contributed by atoms with Gasteiger partial charge in [-0.05, 0) is 56.2 Å². The first-order chi connectivity index (χ1) is 16.4. The molecule has 0 aliphatic heterocycles. The summed E-state index contributed by atoms with van der Waals surface area (Å²) in [5.74, 6) is 0. The van der Waals surface area contributed by atoms with Crippen LogP contribution in [0.15, 0.2) is 36.5 Å². The number of nitrogens with zero attached hydrogens (tertiary/aromatic N) is 3. The molecule has 1 aromatic carbocycles. The lowest BCUT2D eigenvalue weighted by molar-refractivity contribution is -0.141. The highest BCUT2D eigenvalue weighted by atomic mass is 28.4. The summed E-state index contributed by atoms with van der Waals surface area (Å²) in [5, 5.41) is 29.6. The molecule has 11 heteroatoms. The van der Waals surface area contributed by atoms with Crippen LogP contribution in [0.4, 0.5) is 18.9 Å². The van der Waals surface area contributed by atoms with Crippen LogP contribution in [0.25, 0.3) is 10.9 Å². The van der Waals surface area contributed by atoms with Crippen LogP contribution in [0.5, 0.6) is 0 Å². The lowest BCUT2D eigenvalue weighted by Gasteiger charge is -2.36. The van der Waals surface area contributed by atoms with Gasteiger partial charge in [-0.1, -0.05) is 26.8 Å². The Bertz CT molecular complexity index is 1210. The van der Waals surface area contributed by atoms with Gasteiger partial charge in [0.15, 0.2) is 14.5 Å². The van der Waals surface area contributed by atoms with Crippen molar-refractivity contribution in [3.8, 4) is 0 Å². The Morgan fingerprint density at radius 2 is 1.78 bits per heavy atom. The fourth-order valence-electron chi connectivity index (χ4n) is 3.46. The van der Waals surface area contributed by atoms with Gasteiger partial charge in [0.05, 0.1) is 30.0 Å². The van der Waals surface area contributed by atoms with E-state index in [0.717, 1.165) is 11.5 Å². The molecule has 0 bridgehead atoms. The number of anilines is 1. The molecule has 0 radical (unpaired) electrons. The maximum absolute atomic E-state index is 13.1. The normalized spacial score (nSPS) is 14.3. The summed E-state index contributed by atoms with van der Waals surface area (Å²) in [7, 11) is -1.90. The van der Waals surface area contributed by atoms with E-state index in [0.29, 0.717) is 29.9 Å². The first kappa shape index (κ1) is 28.1. The molecule has 1 atom stereocenters. The van der Waals surface area contributed by atoms with Crippen molar-refractivity contribution in [1.29, 1.82) is 0 Å². The Balaban J connectivity index is 1.87. The molecule has 198 valence electrons. The highest BCUT2D eigenvalue weighted by Crippen LogP contribution is 2.37. The van der Waals surface area contributed by atoms with E-state index < -0.39 is 32.0 Å². The summed E-state index contributed by atoms with van der Waals surface area (Å²) in [6.07, 6.45) is -4.33. The number of fused-ring (bicyclic) bond motifs is 1. The van der Waals surface area contributed by atoms with Gasteiger partial charge in [-0.3, -0.25) is 4.68 Å². The van der Waals surface area contributed by atoms with Gasteiger partial charge in [-0.2, -0.15) is 18.3 Å². The SMILES string of the molecule is CC(C)(O)c1cc2nn(CCO[Si](C)(C)C(C)(C)C)cc2cc1NC(O)c1cccc(C(F)(F)F)n1. The zero-order valence-electron chi connectivity index (χ0n) is 21.7. The highest BCUT2D eigenvalue weighted by molar-refractivity contribution is 6.74. The molecule has 7 nitrogen and oxygen atoms in total. The first-order valence-corrected chi connectivity index (χ1v) is 14.7. The Kier molecular flexibility index (Phi) is 7.63. The highest BCUT2D eigenvalue weighted by Gasteiger charge is 2.37. The molecule has 3 rings (SSSR count). The maximum Gasteiger partial charge on any atom is 0.433 e. The second-order valence-corrected chi connectivity index (χ2v) is 15.8. The second kappa shape index (κ2) is 9.77. The van der Waals surface area contributed by atoms with Crippen molar-refractivity contribution in [2.45, 2.75) is 77.3 Å². The number of hydrogen-bond acceptors (Lipinski definition) is 6. The van der Waals surface area contributed by atoms with Crippen LogP contribution in [0.3, 0.4) is 0 Å². The molecule has 1 unspecified atom stereocenters. The summed E-state index contributed by atoms with van der Waals surface area (Å²) in [6, 6.07) is 6.74. The minimum absolute atomic E-state index is 0.0965. The topological polar surface area (TPSA) is 92.4 Å². The number of nitrogens with one attached hydrogen (secondary N) is 1. The Labute approximate surface area is 210 Å². The number of rotatable bonds is 8. The van der Waals surface area contributed by atoms with Gasteiger partial charge in [-0.25, -0.2) is 4.98 Å². The van der Waals surface area contributed by atoms with Gasteiger partial charge in [0.25, 0.3) is 0 Å². The molecular formula is C25H35F3N4O3Si. The molecule has 0 spiro atoms. The molecule has 3 N–H and O–H groups in total. The van der Waals surface area contributed by atoms with Crippen LogP contribution in [-0.4, -0.2) is 39.9 Å². The van der Waals surface area contributed by atoms with Crippen LogP contribution in [0, 0.1) is 0 Å². The van der Waals surface area contributed by atoms with Gasteiger partial charge < -0.3 is 20.0 Å². The predicted octanol–water partition coefficient (Wildman–Crippen LogP) is 5.80. The molecule has 0 saturated carbocycles. The van der Waals surface area contributed by atoms with Crippen molar-refractivity contribution in [1.82, 2.24) is 14.8 Å². The third kappa shape index (κ3) is 6.44. The quantitative estimate of drug-likeness (QED) is 0.255. The fraction of sp³-hybridized carbons (Fsp3) is 0.520. The zero-order chi connectivity index (χ0) is 27.1. The van der Waals surface area contributed by atoms with Crippen LogP contribution in [0.1, 0.15) is 57.8 Å². The van der Waals surface area contributed by atoms with Crippen molar-refractivity contribution < 1.29 is 27.8 Å². The molecule has 0 amide bonds. The van der Waals surface area contributed by atoms with E-state index in [4.69, 9.17) is 4.43 Å². The Morgan fingerprint density at radius 3 is 2.36 bits per heavy atom. The van der Waals surface area contributed by atoms with Crippen molar-refractivity contribution >= 4 is 24.9 Å². The predicted molar refractivity (Wildman–Crippen MR) is 136 cm³/mol. The van der Waals surface area contributed by atoms with Crippen molar-refractivity contribution in [2.75, 3.05) is 11.9 Å². The van der Waals surface area contributed by atoms with E-state index in [2.05, 4.69) is 49.3 Å². The van der Waals surface area contributed by atoms with Crippen LogP contribution in [0.2, 0.25) is 18.1 Å². The number of aromatic nitrogens is 3. The minimum atomic E-state index is -4.63. The molecular weight excluding hydrogens is 489 g/mol. The number of benzene rings is 1. The molecule has 2 heterocycles. The summed E-state index contributed by atoms with van der Waals surface area (Å²) >= 11 is 0. The minimum Gasteiger partial charge on any atom is -0.415 e. The number of hydrogen-bond donors (Lipinski definition) is 3. The average Bonchev–Trinajstić information content (AvgIpc) is 3.12. The molecule has 0 aliphatic carbocycles. The van der Waals surface area contributed by atoms with E-state index in [1.54, 1.807) is 30.7 Å². The molecule has 0 aliphatic rings. The maximum atomic E-state index is 13.1. The van der Waals surface area contributed by atoms with E-state index in [1.807, 2.05) is 6.20 Å². The number of pyridine rings is 1. The monoisotopic (exact) mass is 524 g/mol. The summed E-state index contributed by atoms with van der Waals surface area (Å²) < 4.78 is 47.2. The van der Waals surface area contributed by atoms with Gasteiger partial charge in [0.2, 0.25) is 0 Å². The Hall–Kier alpha value is -2.47. The molecule has 36 heavy (non-hydrogen) atoms. The van der Waals surface area contributed by atoms with Crippen molar-refractivity contribution in [2.24, 2.45) is 0 Å². The lowest BCUT2D eigenvalue weighted by Crippen LogP contribution is -2.41. The van der Waals surface area contributed by atoms with E-state index in [1.165, 1.54) is 12.1 Å². The fourth-order valence-corrected chi connectivity index (χ4v) is 4.49. The van der Waals surface area contributed by atoms with Gasteiger partial charge in [-0.15, -0.1) is 0 Å². The third-order valence-corrected chi connectivity index (χ3v) is 11.1. The van der Waals surface area contributed by atoms with Gasteiger partial charge in [0, 0.05) is 22.8 Å². The summed E-state index contributed by atoms with van der Waals surface area (Å²) in [6.45, 7) is 15.1.